The fourth-order valence-electron chi connectivity index (χ4n) is 2.73. The highest BCUT2D eigenvalue weighted by Crippen LogP contribution is 2.09. The molecule has 0 bridgehead atoms. The Bertz CT molecular complexity index is 213. The largest absolute Gasteiger partial charge is 0.301 e. The monoisotopic (exact) mass is 267 g/mol. The van der Waals surface area contributed by atoms with E-state index in [9.17, 15) is 4.79 Å². The molecule has 1 heterocycles. The van der Waals surface area contributed by atoms with E-state index in [4.69, 9.17) is 0 Å². The van der Waals surface area contributed by atoms with Crippen LogP contribution in [-0.4, -0.2) is 55.4 Å². The smallest absolute Gasteiger partial charge is 0.213 e. The minimum atomic E-state index is 0.492. The van der Waals surface area contributed by atoms with E-state index in [-0.39, 0.29) is 0 Å². The first-order valence-electron chi connectivity index (χ1n) is 8.16. The Balaban J connectivity index is 1.86. The molecule has 19 heavy (non-hydrogen) atoms. The van der Waals surface area contributed by atoms with Gasteiger partial charge in [0.05, 0.1) is 6.54 Å². The molecule has 0 amide bonds. The average Bonchev–Trinajstić information content (AvgIpc) is 2.44. The number of piperazine rings is 1. The molecule has 0 unspecified atom stereocenters. The lowest BCUT2D eigenvalue weighted by Gasteiger charge is -2.33. The summed E-state index contributed by atoms with van der Waals surface area (Å²) in [6.07, 6.45) is 13.1. The zero-order valence-corrected chi connectivity index (χ0v) is 12.7. The second kappa shape index (κ2) is 11.4. The number of unbranched alkanes of at least 4 members (excludes halogenated alkanes) is 7. The van der Waals surface area contributed by atoms with Gasteiger partial charge in [0.1, 0.15) is 0 Å². The molecule has 1 fully saturated rings. The maximum Gasteiger partial charge on any atom is 0.213 e. The summed E-state index contributed by atoms with van der Waals surface area (Å²) in [7, 11) is 0. The van der Waals surface area contributed by atoms with Gasteiger partial charge in [-0.25, -0.2) is 0 Å². The van der Waals surface area contributed by atoms with E-state index >= 15 is 0 Å². The zero-order valence-electron chi connectivity index (χ0n) is 12.7. The van der Waals surface area contributed by atoms with Gasteiger partial charge in [0.15, 0.2) is 0 Å². The third-order valence-electron chi connectivity index (χ3n) is 4.08. The van der Waals surface area contributed by atoms with Crippen molar-refractivity contribution in [3.8, 4) is 0 Å². The number of carbonyl (C=O) groups excluding carboxylic acids is 1. The maximum absolute atomic E-state index is 10.3. The van der Waals surface area contributed by atoms with Gasteiger partial charge in [0.25, 0.3) is 0 Å². The van der Waals surface area contributed by atoms with Crippen LogP contribution in [-0.2, 0) is 4.79 Å². The van der Waals surface area contributed by atoms with Crippen LogP contribution in [0, 0.1) is 0 Å². The summed E-state index contributed by atoms with van der Waals surface area (Å²) >= 11 is 0. The minimum Gasteiger partial charge on any atom is -0.301 e. The summed E-state index contributed by atoms with van der Waals surface area (Å²) in [6, 6.07) is 0. The lowest BCUT2D eigenvalue weighted by Crippen LogP contribution is -2.46. The van der Waals surface area contributed by atoms with Crippen molar-refractivity contribution < 1.29 is 4.79 Å². The lowest BCUT2D eigenvalue weighted by atomic mass is 10.1. The molecule has 0 N–H and O–H groups in total. The second-order valence-electron chi connectivity index (χ2n) is 5.74. The van der Waals surface area contributed by atoms with Crippen LogP contribution < -0.4 is 0 Å². The summed E-state index contributed by atoms with van der Waals surface area (Å²) in [5, 5.41) is 0. The van der Waals surface area contributed by atoms with Crippen LogP contribution >= 0.6 is 0 Å². The molecule has 0 aromatic rings. The first kappa shape index (κ1) is 16.6. The van der Waals surface area contributed by atoms with Crippen molar-refractivity contribution in [2.45, 2.75) is 58.3 Å². The van der Waals surface area contributed by atoms with Crippen molar-refractivity contribution in [1.82, 2.24) is 9.80 Å². The molecule has 3 heteroatoms. The van der Waals surface area contributed by atoms with Crippen molar-refractivity contribution in [1.29, 1.82) is 0 Å². The van der Waals surface area contributed by atoms with Crippen molar-refractivity contribution >= 4 is 6.29 Å². The van der Waals surface area contributed by atoms with E-state index < -0.39 is 0 Å². The molecule has 1 rings (SSSR count). The topological polar surface area (TPSA) is 23.6 Å². The first-order chi connectivity index (χ1) is 9.36. The van der Waals surface area contributed by atoms with Gasteiger partial charge in [-0.3, -0.25) is 9.69 Å². The van der Waals surface area contributed by atoms with Gasteiger partial charge in [-0.2, -0.15) is 0 Å². The number of nitrogens with zero attached hydrogens (tertiary/aromatic N) is 2. The van der Waals surface area contributed by atoms with Gasteiger partial charge < -0.3 is 4.90 Å². The Morgan fingerprint density at radius 1 is 0.789 bits per heavy atom. The zero-order chi connectivity index (χ0) is 13.8. The molecule has 1 radical (unpaired) electrons. The SMILES string of the molecule is CCCCCCCCCCN1CCN(C[C]=O)CC1. The highest BCUT2D eigenvalue weighted by atomic mass is 16.1. The van der Waals surface area contributed by atoms with Gasteiger partial charge in [-0.05, 0) is 13.0 Å². The Labute approximate surface area is 119 Å². The van der Waals surface area contributed by atoms with Crippen LogP contribution in [0.25, 0.3) is 0 Å². The Morgan fingerprint density at radius 2 is 1.32 bits per heavy atom. The van der Waals surface area contributed by atoms with Crippen molar-refractivity contribution in [2.75, 3.05) is 39.3 Å². The summed E-state index contributed by atoms with van der Waals surface area (Å²) in [5.41, 5.74) is 0. The van der Waals surface area contributed by atoms with Crippen molar-refractivity contribution in [2.24, 2.45) is 0 Å². The lowest BCUT2D eigenvalue weighted by molar-refractivity contribution is 0.143. The van der Waals surface area contributed by atoms with Gasteiger partial charge in [0.2, 0.25) is 6.29 Å². The number of rotatable bonds is 11. The van der Waals surface area contributed by atoms with Crippen LogP contribution in [0.4, 0.5) is 0 Å². The molecule has 1 saturated heterocycles. The fourth-order valence-corrected chi connectivity index (χ4v) is 2.73. The molecule has 3 nitrogen and oxygen atoms in total. The van der Waals surface area contributed by atoms with Gasteiger partial charge in [-0.1, -0.05) is 51.9 Å². The van der Waals surface area contributed by atoms with Crippen LogP contribution in [0.1, 0.15) is 58.3 Å². The molecular weight excluding hydrogens is 236 g/mol. The number of hydrogen-bond acceptors (Lipinski definition) is 3. The highest BCUT2D eigenvalue weighted by molar-refractivity contribution is 5.53. The molecular formula is C16H31N2O. The molecule has 0 spiro atoms. The third-order valence-corrected chi connectivity index (χ3v) is 4.08. The first-order valence-corrected chi connectivity index (χ1v) is 8.16. The van der Waals surface area contributed by atoms with Crippen LogP contribution in [0.5, 0.6) is 0 Å². The van der Waals surface area contributed by atoms with Gasteiger partial charge >= 0.3 is 0 Å². The van der Waals surface area contributed by atoms with Crippen molar-refractivity contribution in [3.05, 3.63) is 0 Å². The van der Waals surface area contributed by atoms with E-state index in [0.717, 1.165) is 26.2 Å². The van der Waals surface area contributed by atoms with E-state index in [1.165, 1.54) is 57.9 Å². The van der Waals surface area contributed by atoms with E-state index in [2.05, 4.69) is 16.7 Å². The molecule has 0 aliphatic carbocycles. The van der Waals surface area contributed by atoms with Crippen LogP contribution in [0.15, 0.2) is 0 Å². The number of hydrogen-bond donors (Lipinski definition) is 0. The average molecular weight is 267 g/mol. The predicted octanol–water partition coefficient (Wildman–Crippen LogP) is 2.85. The fraction of sp³-hybridized carbons (Fsp3) is 0.938. The predicted molar refractivity (Wildman–Crippen MR) is 81.2 cm³/mol. The summed E-state index contributed by atoms with van der Waals surface area (Å²) < 4.78 is 0. The molecule has 111 valence electrons. The van der Waals surface area contributed by atoms with Crippen LogP contribution in [0.3, 0.4) is 0 Å². The molecule has 0 saturated carbocycles. The quantitative estimate of drug-likeness (QED) is 0.538. The minimum absolute atomic E-state index is 0.492. The van der Waals surface area contributed by atoms with E-state index in [0.29, 0.717) is 6.54 Å². The summed E-state index contributed by atoms with van der Waals surface area (Å²) in [4.78, 5) is 15.0. The Hall–Kier alpha value is -0.410. The summed E-state index contributed by atoms with van der Waals surface area (Å²) in [5.74, 6) is 0. The molecule has 0 aromatic heterocycles. The third kappa shape index (κ3) is 8.38. The normalized spacial score (nSPS) is 17.7. The van der Waals surface area contributed by atoms with E-state index in [1.807, 2.05) is 6.29 Å². The maximum atomic E-state index is 10.3. The Morgan fingerprint density at radius 3 is 1.89 bits per heavy atom. The Kier molecular flexibility index (Phi) is 10.0. The highest BCUT2D eigenvalue weighted by Gasteiger charge is 2.15. The molecule has 1 aliphatic rings. The summed E-state index contributed by atoms with van der Waals surface area (Å²) in [6.45, 7) is 8.32. The molecule has 0 aromatic carbocycles. The molecule has 1 aliphatic heterocycles. The van der Waals surface area contributed by atoms with Gasteiger partial charge in [0, 0.05) is 26.2 Å². The standard InChI is InChI=1S/C16H31N2O/c1-2-3-4-5-6-7-8-9-10-17-11-13-18(14-12-17)15-16-19/h2-15H2,1H3. The second-order valence-corrected chi connectivity index (χ2v) is 5.74. The molecule has 0 atom stereocenters. The van der Waals surface area contributed by atoms with Gasteiger partial charge in [-0.15, -0.1) is 0 Å². The van der Waals surface area contributed by atoms with E-state index in [1.54, 1.807) is 0 Å². The van der Waals surface area contributed by atoms with Crippen molar-refractivity contribution in [3.63, 3.8) is 0 Å². The van der Waals surface area contributed by atoms with Crippen LogP contribution in [0.2, 0.25) is 0 Å².